The second kappa shape index (κ2) is 4.24. The molecule has 3 aliphatic carbocycles. The fourth-order valence-electron chi connectivity index (χ4n) is 3.36. The fraction of sp³-hybridized carbons (Fsp3) is 0.692. The van der Waals surface area contributed by atoms with Gasteiger partial charge in [0.1, 0.15) is 5.60 Å². The van der Waals surface area contributed by atoms with Crippen LogP contribution in [0.4, 0.5) is 4.79 Å². The molecule has 8 heteroatoms. The van der Waals surface area contributed by atoms with Gasteiger partial charge in [-0.25, -0.2) is 4.79 Å². The Morgan fingerprint density at radius 1 is 1.43 bits per heavy atom. The molecule has 4 rings (SSSR count). The molecule has 3 N–H and O–H groups in total. The molecule has 3 saturated carbocycles. The Hall–Kier alpha value is -1.54. The molecule has 1 aromatic heterocycles. The minimum Gasteiger partial charge on any atom is -0.444 e. The van der Waals surface area contributed by atoms with Crippen LogP contribution in [0.3, 0.4) is 0 Å². The molecular formula is C13H20BN3O4. The molecule has 0 atom stereocenters. The van der Waals surface area contributed by atoms with Crippen LogP contribution < -0.4 is 10.8 Å². The van der Waals surface area contributed by atoms with E-state index in [2.05, 4.69) is 10.4 Å². The van der Waals surface area contributed by atoms with Crippen molar-refractivity contribution >= 4 is 18.7 Å². The number of hydrogen-bond acceptors (Lipinski definition) is 5. The maximum Gasteiger partial charge on any atom is 0.491 e. The highest BCUT2D eigenvalue weighted by atomic mass is 16.6. The van der Waals surface area contributed by atoms with E-state index >= 15 is 0 Å². The third-order valence-corrected chi connectivity index (χ3v) is 4.16. The number of aromatic nitrogens is 2. The zero-order valence-corrected chi connectivity index (χ0v) is 12.5. The van der Waals surface area contributed by atoms with Crippen LogP contribution in [-0.4, -0.2) is 44.2 Å². The van der Waals surface area contributed by atoms with Crippen LogP contribution in [0, 0.1) is 0 Å². The predicted molar refractivity (Wildman–Crippen MR) is 76.0 cm³/mol. The van der Waals surface area contributed by atoms with Crippen LogP contribution in [0.5, 0.6) is 0 Å². The van der Waals surface area contributed by atoms with Crippen LogP contribution in [0.2, 0.25) is 0 Å². The largest absolute Gasteiger partial charge is 0.491 e. The summed E-state index contributed by atoms with van der Waals surface area (Å²) in [5.41, 5.74) is -0.401. The fourth-order valence-corrected chi connectivity index (χ4v) is 3.36. The van der Waals surface area contributed by atoms with Crippen LogP contribution in [-0.2, 0) is 10.3 Å². The predicted octanol–water partition coefficient (Wildman–Crippen LogP) is -0.281. The van der Waals surface area contributed by atoms with Crippen molar-refractivity contribution in [3.05, 3.63) is 12.4 Å². The zero-order valence-electron chi connectivity index (χ0n) is 12.5. The van der Waals surface area contributed by atoms with E-state index in [1.54, 1.807) is 10.9 Å². The lowest BCUT2D eigenvalue weighted by Gasteiger charge is -2.69. The summed E-state index contributed by atoms with van der Waals surface area (Å²) in [7, 11) is -1.50. The van der Waals surface area contributed by atoms with E-state index < -0.39 is 12.7 Å². The number of rotatable bonds is 3. The van der Waals surface area contributed by atoms with Gasteiger partial charge in [0.05, 0.1) is 11.1 Å². The number of amides is 1. The molecule has 0 spiro atoms. The van der Waals surface area contributed by atoms with Crippen molar-refractivity contribution in [2.45, 2.75) is 56.7 Å². The average Bonchev–Trinajstić information content (AvgIpc) is 2.67. The smallest absolute Gasteiger partial charge is 0.444 e. The number of hydrogen-bond donors (Lipinski definition) is 3. The minimum atomic E-state index is -1.50. The topological polar surface area (TPSA) is 96.6 Å². The molecule has 114 valence electrons. The molecule has 0 aromatic carbocycles. The van der Waals surface area contributed by atoms with Gasteiger partial charge in [-0.15, -0.1) is 0 Å². The number of alkyl carbamates (subject to hydrolysis) is 1. The Balaban J connectivity index is 1.58. The lowest BCUT2D eigenvalue weighted by molar-refractivity contribution is -0.143. The molecule has 1 heterocycles. The Kier molecular flexibility index (Phi) is 2.91. The molecule has 0 aliphatic heterocycles. The minimum absolute atomic E-state index is 0.0951. The van der Waals surface area contributed by atoms with Gasteiger partial charge in [-0.2, -0.15) is 5.10 Å². The van der Waals surface area contributed by atoms with Crippen molar-refractivity contribution in [2.24, 2.45) is 0 Å². The van der Waals surface area contributed by atoms with E-state index in [4.69, 9.17) is 14.8 Å². The number of carbonyl (C=O) groups is 1. The third kappa shape index (κ3) is 2.42. The van der Waals surface area contributed by atoms with Crippen molar-refractivity contribution in [1.29, 1.82) is 0 Å². The summed E-state index contributed by atoms with van der Waals surface area (Å²) in [6, 6.07) is 0. The first kappa shape index (κ1) is 14.4. The van der Waals surface area contributed by atoms with E-state index in [1.807, 2.05) is 20.8 Å². The van der Waals surface area contributed by atoms with Crippen LogP contribution in [0.15, 0.2) is 12.4 Å². The van der Waals surface area contributed by atoms with Gasteiger partial charge in [0, 0.05) is 17.9 Å². The average molecular weight is 293 g/mol. The molecule has 3 fully saturated rings. The SMILES string of the molecule is CC(C)(C)OC(=O)NC12CC(n3cc(B(O)O)cn3)(C1)C2. The lowest BCUT2D eigenvalue weighted by atomic mass is 9.44. The van der Waals surface area contributed by atoms with Gasteiger partial charge in [-0.1, -0.05) is 0 Å². The maximum absolute atomic E-state index is 11.8. The summed E-state index contributed by atoms with van der Waals surface area (Å²) in [5.74, 6) is 0. The molecule has 1 aromatic rings. The second-order valence-corrected chi connectivity index (χ2v) is 7.25. The molecule has 1 amide bonds. The first-order valence-corrected chi connectivity index (χ1v) is 7.06. The first-order chi connectivity index (χ1) is 9.63. The molecule has 0 unspecified atom stereocenters. The standard InChI is InChI=1S/C13H20BN3O4/c1-11(2,3)21-10(18)16-12-6-13(7-12,8-12)17-5-9(4-15-17)14(19)20/h4-5,19-20H,6-8H2,1-3H3,(H,16,18). The van der Waals surface area contributed by atoms with E-state index in [-0.39, 0.29) is 17.2 Å². The Bertz CT molecular complexity index is 558. The van der Waals surface area contributed by atoms with Crippen LogP contribution >= 0.6 is 0 Å². The van der Waals surface area contributed by atoms with Gasteiger partial charge >= 0.3 is 13.2 Å². The monoisotopic (exact) mass is 293 g/mol. The molecule has 21 heavy (non-hydrogen) atoms. The summed E-state index contributed by atoms with van der Waals surface area (Å²) >= 11 is 0. The number of carbonyl (C=O) groups excluding carboxylic acids is 1. The summed E-state index contributed by atoms with van der Waals surface area (Å²) in [5, 5.41) is 25.4. The second-order valence-electron chi connectivity index (χ2n) is 7.25. The first-order valence-electron chi connectivity index (χ1n) is 7.06. The highest BCUT2D eigenvalue weighted by Crippen LogP contribution is 2.64. The molecule has 0 radical (unpaired) electrons. The highest BCUT2D eigenvalue weighted by Gasteiger charge is 2.70. The summed E-state index contributed by atoms with van der Waals surface area (Å²) in [6.45, 7) is 5.50. The quantitative estimate of drug-likeness (QED) is 0.666. The molecule has 7 nitrogen and oxygen atoms in total. The van der Waals surface area contributed by atoms with Gasteiger partial charge in [-0.05, 0) is 40.0 Å². The molecule has 3 aliphatic rings. The highest BCUT2D eigenvalue weighted by molar-refractivity contribution is 6.58. The Labute approximate surface area is 123 Å². The van der Waals surface area contributed by atoms with E-state index in [9.17, 15) is 4.79 Å². The van der Waals surface area contributed by atoms with E-state index in [0.717, 1.165) is 19.3 Å². The van der Waals surface area contributed by atoms with Gasteiger partial charge in [0.2, 0.25) is 0 Å². The summed E-state index contributed by atoms with van der Waals surface area (Å²) in [6.07, 6.45) is 5.11. The van der Waals surface area contributed by atoms with E-state index in [1.165, 1.54) is 6.20 Å². The van der Waals surface area contributed by atoms with Gasteiger partial charge in [-0.3, -0.25) is 4.68 Å². The Morgan fingerprint density at radius 2 is 2.05 bits per heavy atom. The zero-order chi connectivity index (χ0) is 15.5. The number of nitrogens with zero attached hydrogens (tertiary/aromatic N) is 2. The van der Waals surface area contributed by atoms with Crippen LogP contribution in [0.25, 0.3) is 0 Å². The number of ether oxygens (including phenoxy) is 1. The van der Waals surface area contributed by atoms with Crippen LogP contribution in [0.1, 0.15) is 40.0 Å². The van der Waals surface area contributed by atoms with Crippen molar-refractivity contribution in [2.75, 3.05) is 0 Å². The summed E-state index contributed by atoms with van der Waals surface area (Å²) < 4.78 is 7.05. The van der Waals surface area contributed by atoms with Crippen molar-refractivity contribution < 1.29 is 19.6 Å². The molecule has 0 saturated heterocycles. The van der Waals surface area contributed by atoms with Gasteiger partial charge in [0.25, 0.3) is 0 Å². The van der Waals surface area contributed by atoms with Crippen molar-refractivity contribution in [1.82, 2.24) is 15.1 Å². The molecule has 2 bridgehead atoms. The number of nitrogens with one attached hydrogen (secondary N) is 1. The van der Waals surface area contributed by atoms with Gasteiger partial charge < -0.3 is 20.1 Å². The Morgan fingerprint density at radius 3 is 2.52 bits per heavy atom. The lowest BCUT2D eigenvalue weighted by Crippen LogP contribution is -2.79. The normalized spacial score (nSPS) is 30.1. The maximum atomic E-state index is 11.8. The molecular weight excluding hydrogens is 273 g/mol. The summed E-state index contributed by atoms with van der Waals surface area (Å²) in [4.78, 5) is 11.8. The van der Waals surface area contributed by atoms with Crippen molar-refractivity contribution in [3.8, 4) is 0 Å². The van der Waals surface area contributed by atoms with Gasteiger partial charge in [0.15, 0.2) is 0 Å². The van der Waals surface area contributed by atoms with Crippen molar-refractivity contribution in [3.63, 3.8) is 0 Å². The van der Waals surface area contributed by atoms with E-state index in [0.29, 0.717) is 5.46 Å². The third-order valence-electron chi connectivity index (χ3n) is 4.16.